The van der Waals surface area contributed by atoms with Crippen LogP contribution in [-0.4, -0.2) is 56.8 Å². The number of carbonyl (C=O) groups is 2. The lowest BCUT2D eigenvalue weighted by atomic mass is 9.86. The number of piperidine rings is 3. The van der Waals surface area contributed by atoms with E-state index >= 15 is 0 Å². The summed E-state index contributed by atoms with van der Waals surface area (Å²) in [6.45, 7) is 3.23. The standard InChI is InChI=1S/C36H37Cl2N3O7S/c1-45-30-9-8-24(15-32(30)46-2)31(16-27-28(37)18-41(44)19-29(27)38)47-35(42)25-14-26(49-21-25)17-39-34(23-6-4-3-5-7-23)36(43)48-33-20-40-12-10-22(33)11-13-40/h3-9,14-15,18-19,21-22,31,33-34,39H,10-13,16-17,20H2,1-2H3/t31-,33-,34?/m0/s1. The number of pyridine rings is 1. The Kier molecular flexibility index (Phi) is 11.3. The smallest absolute Gasteiger partial charge is 0.339 e. The average Bonchev–Trinajstić information content (AvgIpc) is 3.59. The lowest BCUT2D eigenvalue weighted by Crippen LogP contribution is -2.52. The molecule has 258 valence electrons. The van der Waals surface area contributed by atoms with Gasteiger partial charge in [0.15, 0.2) is 23.9 Å². The van der Waals surface area contributed by atoms with E-state index in [1.54, 1.807) is 29.6 Å². The Morgan fingerprint density at radius 2 is 1.71 bits per heavy atom. The van der Waals surface area contributed by atoms with E-state index < -0.39 is 18.1 Å². The molecule has 5 heterocycles. The Bertz CT molecular complexity index is 1760. The van der Waals surface area contributed by atoms with Crippen LogP contribution in [-0.2, 0) is 27.2 Å². The van der Waals surface area contributed by atoms with Crippen molar-refractivity contribution in [2.45, 2.75) is 44.1 Å². The third kappa shape index (κ3) is 8.30. The Morgan fingerprint density at radius 3 is 2.37 bits per heavy atom. The summed E-state index contributed by atoms with van der Waals surface area (Å²) in [5.41, 5.74) is 2.22. The molecule has 3 saturated heterocycles. The van der Waals surface area contributed by atoms with Gasteiger partial charge in [0.2, 0.25) is 0 Å². The minimum absolute atomic E-state index is 0.0960. The third-order valence-electron chi connectivity index (χ3n) is 9.08. The number of thiophene rings is 1. The Balaban J connectivity index is 1.17. The van der Waals surface area contributed by atoms with Gasteiger partial charge in [-0.15, -0.1) is 11.3 Å². The SMILES string of the molecule is COc1ccc([C@H](Cc2c(Cl)c[n+]([O-])cc2Cl)OC(=O)c2csc(CNC(C(=O)O[C@H]3CN4CCC3CC4)c3ccccc3)c2)cc1OC. The van der Waals surface area contributed by atoms with Gasteiger partial charge in [-0.1, -0.05) is 59.6 Å². The minimum atomic E-state index is -0.838. The highest BCUT2D eigenvalue weighted by Crippen LogP contribution is 2.36. The van der Waals surface area contributed by atoms with Gasteiger partial charge in [0, 0.05) is 35.3 Å². The fourth-order valence-corrected chi connectivity index (χ4v) is 7.82. The van der Waals surface area contributed by atoms with E-state index in [2.05, 4.69) is 10.2 Å². The first-order valence-electron chi connectivity index (χ1n) is 16.0. The van der Waals surface area contributed by atoms with Gasteiger partial charge >= 0.3 is 11.9 Å². The molecule has 2 aromatic heterocycles. The van der Waals surface area contributed by atoms with Gasteiger partial charge in [0.1, 0.15) is 28.3 Å². The van der Waals surface area contributed by atoms with E-state index in [4.69, 9.17) is 42.1 Å². The highest BCUT2D eigenvalue weighted by Gasteiger charge is 2.38. The molecule has 49 heavy (non-hydrogen) atoms. The molecular formula is C36H37Cl2N3O7S. The van der Waals surface area contributed by atoms with Crippen LogP contribution in [0.25, 0.3) is 0 Å². The summed E-state index contributed by atoms with van der Waals surface area (Å²) >= 11 is 14.2. The van der Waals surface area contributed by atoms with E-state index in [1.165, 1.54) is 38.0 Å². The zero-order valence-corrected chi connectivity index (χ0v) is 29.4. The fraction of sp³-hybridized carbons (Fsp3) is 0.361. The molecule has 0 saturated carbocycles. The molecule has 0 amide bonds. The first kappa shape index (κ1) is 35.0. The first-order chi connectivity index (χ1) is 23.7. The van der Waals surface area contributed by atoms with Crippen LogP contribution in [0.5, 0.6) is 11.5 Å². The number of hydrogen-bond acceptors (Lipinski definition) is 10. The van der Waals surface area contributed by atoms with Crippen molar-refractivity contribution in [3.8, 4) is 11.5 Å². The highest BCUT2D eigenvalue weighted by atomic mass is 35.5. The summed E-state index contributed by atoms with van der Waals surface area (Å²) in [6, 6.07) is 15.8. The maximum Gasteiger partial charge on any atom is 0.339 e. The molecule has 7 rings (SSSR count). The Morgan fingerprint density at radius 1 is 1.00 bits per heavy atom. The van der Waals surface area contributed by atoms with Crippen LogP contribution < -0.4 is 19.5 Å². The van der Waals surface area contributed by atoms with Gasteiger partial charge in [0.05, 0.1) is 19.8 Å². The molecule has 3 aliphatic heterocycles. The Hall–Kier alpha value is -3.87. The maximum atomic E-state index is 13.6. The van der Waals surface area contributed by atoms with Crippen LogP contribution in [0.15, 0.2) is 72.4 Å². The second-order valence-electron chi connectivity index (χ2n) is 12.1. The number of fused-ring (bicyclic) bond motifs is 3. The van der Waals surface area contributed by atoms with E-state index in [9.17, 15) is 14.8 Å². The molecule has 1 N–H and O–H groups in total. The van der Waals surface area contributed by atoms with Crippen LogP contribution in [0.2, 0.25) is 10.0 Å². The summed E-state index contributed by atoms with van der Waals surface area (Å²) in [7, 11) is 3.05. The average molecular weight is 727 g/mol. The van der Waals surface area contributed by atoms with Crippen molar-refractivity contribution in [3.63, 3.8) is 0 Å². The van der Waals surface area contributed by atoms with Crippen LogP contribution in [0.3, 0.4) is 0 Å². The summed E-state index contributed by atoms with van der Waals surface area (Å²) in [5.74, 6) is 0.491. The molecular weight excluding hydrogens is 689 g/mol. The number of hydrogen-bond donors (Lipinski definition) is 1. The van der Waals surface area contributed by atoms with Gasteiger partial charge in [-0.25, -0.2) is 9.59 Å². The maximum absolute atomic E-state index is 13.6. The number of esters is 2. The Labute approximate surface area is 299 Å². The summed E-state index contributed by atoms with van der Waals surface area (Å²) in [6.07, 6.45) is 3.65. The quantitative estimate of drug-likeness (QED) is 0.0962. The van der Waals surface area contributed by atoms with Crippen molar-refractivity contribution in [2.24, 2.45) is 5.92 Å². The van der Waals surface area contributed by atoms with Crippen molar-refractivity contribution in [1.29, 1.82) is 0 Å². The van der Waals surface area contributed by atoms with Crippen molar-refractivity contribution in [1.82, 2.24) is 10.2 Å². The molecule has 0 spiro atoms. The molecule has 0 radical (unpaired) electrons. The van der Waals surface area contributed by atoms with Crippen LogP contribution >= 0.6 is 34.5 Å². The summed E-state index contributed by atoms with van der Waals surface area (Å²) in [4.78, 5) is 30.3. The van der Waals surface area contributed by atoms with Crippen molar-refractivity contribution in [3.05, 3.63) is 115 Å². The summed E-state index contributed by atoms with van der Waals surface area (Å²) in [5, 5.41) is 17.2. The van der Waals surface area contributed by atoms with E-state index in [-0.39, 0.29) is 28.5 Å². The van der Waals surface area contributed by atoms with E-state index in [0.717, 1.165) is 42.9 Å². The number of methoxy groups -OCH3 is 2. The van der Waals surface area contributed by atoms with Crippen LogP contribution in [0.1, 0.15) is 56.9 Å². The molecule has 13 heteroatoms. The van der Waals surface area contributed by atoms with Crippen LogP contribution in [0, 0.1) is 11.1 Å². The fourth-order valence-electron chi connectivity index (χ4n) is 6.42. The van der Waals surface area contributed by atoms with E-state index in [1.807, 2.05) is 30.3 Å². The number of aromatic nitrogens is 1. The van der Waals surface area contributed by atoms with E-state index in [0.29, 0.717) is 45.4 Å². The predicted octanol–water partition coefficient (Wildman–Crippen LogP) is 6.31. The molecule has 2 bridgehead atoms. The van der Waals surface area contributed by atoms with Crippen molar-refractivity contribution in [2.75, 3.05) is 33.9 Å². The number of halogens is 2. The second-order valence-corrected chi connectivity index (χ2v) is 14.0. The molecule has 10 nitrogen and oxygen atoms in total. The second kappa shape index (κ2) is 15.8. The summed E-state index contributed by atoms with van der Waals surface area (Å²) < 4.78 is 23.5. The highest BCUT2D eigenvalue weighted by molar-refractivity contribution is 7.10. The monoisotopic (exact) mass is 725 g/mol. The molecule has 2 aromatic carbocycles. The van der Waals surface area contributed by atoms with Crippen molar-refractivity contribution < 1.29 is 33.3 Å². The lowest BCUT2D eigenvalue weighted by Gasteiger charge is -2.44. The van der Waals surface area contributed by atoms with Crippen LogP contribution in [0.4, 0.5) is 0 Å². The zero-order valence-electron chi connectivity index (χ0n) is 27.1. The zero-order chi connectivity index (χ0) is 34.5. The molecule has 0 aliphatic carbocycles. The number of benzene rings is 2. The molecule has 4 aromatic rings. The number of ether oxygens (including phenoxy) is 4. The van der Waals surface area contributed by atoms with Crippen molar-refractivity contribution >= 4 is 46.5 Å². The topological polar surface area (TPSA) is 113 Å². The molecule has 3 atom stereocenters. The number of nitrogens with zero attached hydrogens (tertiary/aromatic N) is 2. The predicted molar refractivity (Wildman–Crippen MR) is 186 cm³/mol. The largest absolute Gasteiger partial charge is 0.619 e. The van der Waals surface area contributed by atoms with Gasteiger partial charge < -0.3 is 24.2 Å². The third-order valence-corrected chi connectivity index (χ3v) is 10.7. The van der Waals surface area contributed by atoms with Gasteiger partial charge in [-0.2, -0.15) is 4.73 Å². The normalized spacial score (nSPS) is 19.6. The van der Waals surface area contributed by atoms with Gasteiger partial charge in [0.25, 0.3) is 0 Å². The van der Waals surface area contributed by atoms with Gasteiger partial charge in [-0.05, 0) is 61.2 Å². The molecule has 1 unspecified atom stereocenters. The number of carbonyl (C=O) groups excluding carboxylic acids is 2. The number of nitrogens with one attached hydrogen (secondary N) is 1. The van der Waals surface area contributed by atoms with Gasteiger partial charge in [-0.3, -0.25) is 10.2 Å². The lowest BCUT2D eigenvalue weighted by molar-refractivity contribution is -0.605. The first-order valence-corrected chi connectivity index (χ1v) is 17.6. The molecule has 3 fully saturated rings. The molecule has 3 aliphatic rings. The number of rotatable bonds is 13. The minimum Gasteiger partial charge on any atom is -0.619 e.